The minimum atomic E-state index is -0.981. The molecule has 17 heavy (non-hydrogen) atoms. The molecule has 2 amide bonds. The van der Waals surface area contributed by atoms with Gasteiger partial charge < -0.3 is 10.0 Å². The van der Waals surface area contributed by atoms with Crippen LogP contribution in [0.15, 0.2) is 9.98 Å². The zero-order valence-corrected chi connectivity index (χ0v) is 11.6. The molecule has 1 aromatic heterocycles. The molecule has 92 valence electrons. The van der Waals surface area contributed by atoms with Crippen molar-refractivity contribution >= 4 is 56.2 Å². The van der Waals surface area contributed by atoms with Crippen molar-refractivity contribution < 1.29 is 14.7 Å². The first-order valence-corrected chi connectivity index (χ1v) is 7.34. The molecule has 0 bridgehead atoms. The lowest BCUT2D eigenvalue weighted by molar-refractivity contribution is -0.140. The van der Waals surface area contributed by atoms with Gasteiger partial charge in [0.05, 0.1) is 15.9 Å². The van der Waals surface area contributed by atoms with Crippen LogP contribution in [0.2, 0.25) is 0 Å². The number of urea groups is 1. The summed E-state index contributed by atoms with van der Waals surface area (Å²) in [6, 6.07) is -1.19. The molecule has 0 radical (unpaired) electrons. The smallest absolute Gasteiger partial charge is 0.327 e. The third-order valence-corrected chi connectivity index (χ3v) is 4.52. The van der Waals surface area contributed by atoms with Gasteiger partial charge in [-0.3, -0.25) is 5.32 Å². The molecule has 2 rings (SSSR count). The van der Waals surface area contributed by atoms with Gasteiger partial charge in [0.15, 0.2) is 5.13 Å². The van der Waals surface area contributed by atoms with Crippen molar-refractivity contribution in [2.75, 3.05) is 16.9 Å². The number of carbonyl (C=O) groups is 2. The van der Waals surface area contributed by atoms with Gasteiger partial charge in [-0.2, -0.15) is 0 Å². The molecule has 0 spiro atoms. The van der Waals surface area contributed by atoms with Crippen LogP contribution in [0, 0.1) is 0 Å². The molecule has 2 heterocycles. The highest BCUT2D eigenvalue weighted by Gasteiger charge is 2.34. The van der Waals surface area contributed by atoms with E-state index in [2.05, 4.69) is 26.2 Å². The van der Waals surface area contributed by atoms with E-state index in [9.17, 15) is 9.59 Å². The molecule has 1 aliphatic rings. The molecule has 2 N–H and O–H groups in total. The fourth-order valence-corrected chi connectivity index (χ4v) is 3.56. The van der Waals surface area contributed by atoms with Crippen molar-refractivity contribution in [2.45, 2.75) is 6.04 Å². The van der Waals surface area contributed by atoms with Crippen LogP contribution in [-0.4, -0.2) is 44.7 Å². The van der Waals surface area contributed by atoms with Crippen LogP contribution < -0.4 is 5.32 Å². The van der Waals surface area contributed by atoms with Crippen LogP contribution in [0.25, 0.3) is 0 Å². The van der Waals surface area contributed by atoms with Gasteiger partial charge in [-0.25, -0.2) is 14.6 Å². The van der Waals surface area contributed by atoms with E-state index in [0.717, 1.165) is 3.79 Å². The summed E-state index contributed by atoms with van der Waals surface area (Å²) in [4.78, 5) is 28.0. The number of nitrogens with zero attached hydrogens (tertiary/aromatic N) is 2. The molecular weight excluding hydrogens is 330 g/mol. The van der Waals surface area contributed by atoms with Gasteiger partial charge in [-0.05, 0) is 15.9 Å². The quantitative estimate of drug-likeness (QED) is 0.861. The largest absolute Gasteiger partial charge is 0.480 e. The van der Waals surface area contributed by atoms with Gasteiger partial charge in [-0.1, -0.05) is 11.3 Å². The lowest BCUT2D eigenvalue weighted by Gasteiger charge is -2.19. The van der Waals surface area contributed by atoms with Crippen molar-refractivity contribution in [2.24, 2.45) is 0 Å². The summed E-state index contributed by atoms with van der Waals surface area (Å²) in [5.41, 5.74) is 0. The second-order valence-electron chi connectivity index (χ2n) is 3.22. The summed E-state index contributed by atoms with van der Waals surface area (Å²) in [7, 11) is 0. The van der Waals surface area contributed by atoms with Crippen LogP contribution in [0.1, 0.15) is 0 Å². The predicted molar refractivity (Wildman–Crippen MR) is 69.4 cm³/mol. The van der Waals surface area contributed by atoms with Crippen LogP contribution in [0.3, 0.4) is 0 Å². The number of carboxylic acid groups (broad SMARTS) is 1. The Hall–Kier alpha value is -0.800. The van der Waals surface area contributed by atoms with E-state index in [4.69, 9.17) is 5.11 Å². The van der Waals surface area contributed by atoms with Crippen molar-refractivity contribution in [3.05, 3.63) is 9.98 Å². The summed E-state index contributed by atoms with van der Waals surface area (Å²) < 4.78 is 0.804. The fraction of sp³-hybridized carbons (Fsp3) is 0.375. The molecule has 1 atom stereocenters. The van der Waals surface area contributed by atoms with E-state index < -0.39 is 18.0 Å². The minimum absolute atomic E-state index is 0.384. The maximum Gasteiger partial charge on any atom is 0.327 e. The van der Waals surface area contributed by atoms with Crippen molar-refractivity contribution in [3.63, 3.8) is 0 Å². The monoisotopic (exact) mass is 337 g/mol. The minimum Gasteiger partial charge on any atom is -0.480 e. The number of amides is 2. The summed E-state index contributed by atoms with van der Waals surface area (Å²) in [6.07, 6.45) is 1.58. The molecule has 1 saturated heterocycles. The highest BCUT2D eigenvalue weighted by atomic mass is 79.9. The predicted octanol–water partition coefficient (Wildman–Crippen LogP) is 1.90. The highest BCUT2D eigenvalue weighted by Crippen LogP contribution is 2.25. The van der Waals surface area contributed by atoms with Crippen molar-refractivity contribution in [1.29, 1.82) is 0 Å². The number of aromatic nitrogens is 1. The zero-order chi connectivity index (χ0) is 12.4. The molecule has 0 aromatic carbocycles. The zero-order valence-electron chi connectivity index (χ0n) is 8.42. The number of thiazole rings is 1. The Balaban J connectivity index is 2.02. The number of carbonyl (C=O) groups excluding carboxylic acids is 1. The van der Waals surface area contributed by atoms with Crippen LogP contribution in [-0.2, 0) is 4.79 Å². The number of nitrogens with one attached hydrogen (secondary N) is 1. The lowest BCUT2D eigenvalue weighted by Crippen LogP contribution is -2.43. The summed E-state index contributed by atoms with van der Waals surface area (Å²) in [5, 5.41) is 12.0. The molecule has 1 aromatic rings. The van der Waals surface area contributed by atoms with Gasteiger partial charge in [0.1, 0.15) is 6.04 Å². The Morgan fingerprint density at radius 3 is 3.00 bits per heavy atom. The summed E-state index contributed by atoms with van der Waals surface area (Å²) in [5.74, 6) is -0.176. The van der Waals surface area contributed by atoms with Crippen LogP contribution >= 0.6 is 39.0 Å². The van der Waals surface area contributed by atoms with E-state index in [-0.39, 0.29) is 0 Å². The van der Waals surface area contributed by atoms with E-state index in [1.54, 1.807) is 6.20 Å². The van der Waals surface area contributed by atoms with E-state index in [1.165, 1.54) is 28.0 Å². The second-order valence-corrected chi connectivity index (χ2v) is 6.63. The summed E-state index contributed by atoms with van der Waals surface area (Å²) in [6.45, 7) is 0. The van der Waals surface area contributed by atoms with Gasteiger partial charge >= 0.3 is 12.0 Å². The molecule has 6 nitrogen and oxygen atoms in total. The SMILES string of the molecule is O=C(O)[C@@H]1CSCN1C(=O)Nc1ncc(Br)s1. The highest BCUT2D eigenvalue weighted by molar-refractivity contribution is 9.11. The summed E-state index contributed by atoms with van der Waals surface area (Å²) >= 11 is 5.93. The average molecular weight is 338 g/mol. The first kappa shape index (κ1) is 12.7. The standard InChI is InChI=1S/C8H8BrN3O3S2/c9-5-1-10-7(17-5)11-8(15)12-3-16-2-4(12)6(13)14/h1,4H,2-3H2,(H,13,14)(H,10,11,15)/t4-/m0/s1. The number of hydrogen-bond acceptors (Lipinski definition) is 5. The van der Waals surface area contributed by atoms with E-state index in [0.29, 0.717) is 16.8 Å². The molecule has 9 heteroatoms. The fourth-order valence-electron chi connectivity index (χ4n) is 1.32. The maximum absolute atomic E-state index is 11.8. The van der Waals surface area contributed by atoms with Gasteiger partial charge in [0, 0.05) is 5.75 Å². The van der Waals surface area contributed by atoms with Crippen LogP contribution in [0.5, 0.6) is 0 Å². The lowest BCUT2D eigenvalue weighted by atomic mass is 10.3. The van der Waals surface area contributed by atoms with Crippen molar-refractivity contribution in [3.8, 4) is 0 Å². The maximum atomic E-state index is 11.8. The van der Waals surface area contributed by atoms with E-state index >= 15 is 0 Å². The number of thioether (sulfide) groups is 1. The Kier molecular flexibility index (Phi) is 3.89. The Bertz CT molecular complexity index is 453. The van der Waals surface area contributed by atoms with Crippen LogP contribution in [0.4, 0.5) is 9.93 Å². The first-order valence-electron chi connectivity index (χ1n) is 4.57. The molecular formula is C8H8BrN3O3S2. The van der Waals surface area contributed by atoms with Gasteiger partial charge in [-0.15, -0.1) is 11.8 Å². The number of aliphatic carboxylic acids is 1. The molecule has 0 saturated carbocycles. The molecule has 1 fully saturated rings. The third kappa shape index (κ3) is 2.90. The van der Waals surface area contributed by atoms with Crippen molar-refractivity contribution in [1.82, 2.24) is 9.88 Å². The number of anilines is 1. The molecule has 1 aliphatic heterocycles. The number of hydrogen-bond donors (Lipinski definition) is 2. The normalized spacial score (nSPS) is 19.4. The topological polar surface area (TPSA) is 82.5 Å². The number of carboxylic acids is 1. The first-order chi connectivity index (χ1) is 8.08. The second kappa shape index (κ2) is 5.23. The third-order valence-electron chi connectivity index (χ3n) is 2.12. The van der Waals surface area contributed by atoms with Gasteiger partial charge in [0.2, 0.25) is 0 Å². The Labute approximate surface area is 114 Å². The Morgan fingerprint density at radius 2 is 2.41 bits per heavy atom. The van der Waals surface area contributed by atoms with E-state index in [1.807, 2.05) is 0 Å². The number of halogens is 1. The average Bonchev–Trinajstić information content (AvgIpc) is 2.86. The van der Waals surface area contributed by atoms with Gasteiger partial charge in [0.25, 0.3) is 0 Å². The molecule has 0 aliphatic carbocycles. The molecule has 0 unspecified atom stereocenters. The Morgan fingerprint density at radius 1 is 1.65 bits per heavy atom. The number of rotatable bonds is 2.